The molecule has 0 saturated carbocycles. The lowest BCUT2D eigenvalue weighted by atomic mass is 9.99. The molecule has 1 aliphatic rings. The van der Waals surface area contributed by atoms with Gasteiger partial charge in [-0.15, -0.1) is 10.2 Å². The van der Waals surface area contributed by atoms with Gasteiger partial charge in [-0.1, -0.05) is 47.2 Å². The topological polar surface area (TPSA) is 92.3 Å². The molecule has 2 heterocycles. The number of anilines is 1. The Morgan fingerprint density at radius 1 is 1.10 bits per heavy atom. The van der Waals surface area contributed by atoms with E-state index >= 15 is 0 Å². The minimum absolute atomic E-state index is 0.00907. The van der Waals surface area contributed by atoms with Crippen LogP contribution in [-0.2, 0) is 10.0 Å². The first-order valence-electron chi connectivity index (χ1n) is 9.50. The van der Waals surface area contributed by atoms with Gasteiger partial charge in [0, 0.05) is 19.0 Å². The van der Waals surface area contributed by atoms with Gasteiger partial charge in [0.15, 0.2) is 0 Å². The summed E-state index contributed by atoms with van der Waals surface area (Å²) in [6.45, 7) is 0.628. The minimum Gasteiger partial charge on any atom is -0.317 e. The molecule has 1 saturated heterocycles. The molecule has 0 unspecified atom stereocenters. The molecule has 0 aliphatic carbocycles. The summed E-state index contributed by atoms with van der Waals surface area (Å²) in [6, 6.07) is 12.2. The summed E-state index contributed by atoms with van der Waals surface area (Å²) in [6.07, 6.45) is 1.10. The van der Waals surface area contributed by atoms with E-state index < -0.39 is 21.7 Å². The number of para-hydroxylation sites is 1. The van der Waals surface area contributed by atoms with Gasteiger partial charge in [-0.3, -0.25) is 4.79 Å². The van der Waals surface area contributed by atoms with E-state index in [0.717, 1.165) is 11.3 Å². The van der Waals surface area contributed by atoms with Crippen molar-refractivity contribution in [2.75, 3.05) is 18.4 Å². The summed E-state index contributed by atoms with van der Waals surface area (Å²) in [7, 11) is -3.68. The Morgan fingerprint density at radius 2 is 1.77 bits per heavy atom. The van der Waals surface area contributed by atoms with Crippen LogP contribution in [0.15, 0.2) is 53.4 Å². The molecular weight excluding hydrogens is 463 g/mol. The SMILES string of the molecule is O=C(Nc1ccccc1F)c1nnc(C2CCN(S(=O)(=O)c3ccccc3Cl)CC2)s1. The van der Waals surface area contributed by atoms with Gasteiger partial charge in [0.25, 0.3) is 5.91 Å². The number of halogens is 2. The summed E-state index contributed by atoms with van der Waals surface area (Å²) in [5.74, 6) is -1.08. The van der Waals surface area contributed by atoms with Gasteiger partial charge in [-0.05, 0) is 37.1 Å². The van der Waals surface area contributed by atoms with Crippen molar-refractivity contribution in [3.63, 3.8) is 0 Å². The van der Waals surface area contributed by atoms with Crippen molar-refractivity contribution in [3.8, 4) is 0 Å². The fourth-order valence-corrected chi connectivity index (χ4v) is 6.24. The highest BCUT2D eigenvalue weighted by Crippen LogP contribution is 2.33. The molecule has 4 rings (SSSR count). The molecule has 31 heavy (non-hydrogen) atoms. The number of carbonyl (C=O) groups excluding carboxylic acids is 1. The molecule has 11 heteroatoms. The monoisotopic (exact) mass is 480 g/mol. The highest BCUT2D eigenvalue weighted by Gasteiger charge is 2.32. The van der Waals surface area contributed by atoms with Crippen LogP contribution in [0.5, 0.6) is 0 Å². The quantitative estimate of drug-likeness (QED) is 0.592. The predicted octanol–water partition coefficient (Wildman–Crippen LogP) is 4.15. The number of rotatable bonds is 5. The summed E-state index contributed by atoms with van der Waals surface area (Å²) in [5, 5.41) is 11.5. The van der Waals surface area contributed by atoms with Crippen LogP contribution in [0.2, 0.25) is 5.02 Å². The zero-order valence-electron chi connectivity index (χ0n) is 16.2. The Bertz CT molecular complexity index is 1210. The van der Waals surface area contributed by atoms with Crippen molar-refractivity contribution in [1.82, 2.24) is 14.5 Å². The molecule has 3 aromatic rings. The molecule has 0 spiro atoms. The van der Waals surface area contributed by atoms with Crippen molar-refractivity contribution in [2.45, 2.75) is 23.7 Å². The summed E-state index contributed by atoms with van der Waals surface area (Å²) < 4.78 is 40.9. The van der Waals surface area contributed by atoms with Crippen LogP contribution in [-0.4, -0.2) is 41.9 Å². The summed E-state index contributed by atoms with van der Waals surface area (Å²) in [5.41, 5.74) is 0.0716. The zero-order valence-corrected chi connectivity index (χ0v) is 18.6. The maximum atomic E-state index is 13.7. The number of aromatic nitrogens is 2. The number of sulfonamides is 1. The van der Waals surface area contributed by atoms with Crippen LogP contribution < -0.4 is 5.32 Å². The zero-order chi connectivity index (χ0) is 22.0. The van der Waals surface area contributed by atoms with Crippen molar-refractivity contribution in [2.24, 2.45) is 0 Å². The van der Waals surface area contributed by atoms with Gasteiger partial charge in [0.1, 0.15) is 15.7 Å². The molecule has 1 amide bonds. The number of nitrogens with one attached hydrogen (secondary N) is 1. The molecule has 0 bridgehead atoms. The standard InChI is InChI=1S/C20H18ClFN4O3S2/c21-14-5-1-4-8-17(14)31(28,29)26-11-9-13(10-12-26)19-24-25-20(30-19)18(27)23-16-7-3-2-6-15(16)22/h1-8,13H,9-12H2,(H,23,27). The van der Waals surface area contributed by atoms with Crippen LogP contribution >= 0.6 is 22.9 Å². The van der Waals surface area contributed by atoms with E-state index in [4.69, 9.17) is 11.6 Å². The molecule has 0 atom stereocenters. The van der Waals surface area contributed by atoms with Crippen molar-refractivity contribution < 1.29 is 17.6 Å². The second-order valence-corrected chi connectivity index (χ2v) is 10.3. The third-order valence-corrected chi connectivity index (χ3v) is 8.50. The van der Waals surface area contributed by atoms with Gasteiger partial charge >= 0.3 is 0 Å². The Kier molecular flexibility index (Phi) is 6.33. The van der Waals surface area contributed by atoms with E-state index in [-0.39, 0.29) is 26.5 Å². The van der Waals surface area contributed by atoms with Crippen molar-refractivity contribution in [1.29, 1.82) is 0 Å². The highest BCUT2D eigenvalue weighted by atomic mass is 35.5. The molecule has 1 N–H and O–H groups in total. The molecule has 162 valence electrons. The second-order valence-electron chi connectivity index (χ2n) is 6.99. The third-order valence-electron chi connectivity index (χ3n) is 5.01. The van der Waals surface area contributed by atoms with E-state index in [2.05, 4.69) is 15.5 Å². The Balaban J connectivity index is 1.41. The van der Waals surface area contributed by atoms with Crippen LogP contribution in [0, 0.1) is 5.82 Å². The molecule has 1 aliphatic heterocycles. The third kappa shape index (κ3) is 4.62. The molecule has 7 nitrogen and oxygen atoms in total. The Labute approximate surface area is 187 Å². The first-order chi connectivity index (χ1) is 14.9. The average molecular weight is 481 g/mol. The summed E-state index contributed by atoms with van der Waals surface area (Å²) in [4.78, 5) is 12.5. The number of hydrogen-bond donors (Lipinski definition) is 1. The van der Waals surface area contributed by atoms with E-state index in [1.54, 1.807) is 24.3 Å². The van der Waals surface area contributed by atoms with Gasteiger partial charge in [0.2, 0.25) is 15.0 Å². The molecule has 1 fully saturated rings. The first-order valence-corrected chi connectivity index (χ1v) is 12.1. The normalized spacial score (nSPS) is 15.7. The van der Waals surface area contributed by atoms with Gasteiger partial charge in [-0.2, -0.15) is 4.31 Å². The van der Waals surface area contributed by atoms with E-state index in [1.807, 2.05) is 0 Å². The summed E-state index contributed by atoms with van der Waals surface area (Å²) >= 11 is 7.20. The van der Waals surface area contributed by atoms with Gasteiger partial charge in [-0.25, -0.2) is 12.8 Å². The predicted molar refractivity (Wildman–Crippen MR) is 116 cm³/mol. The number of carbonyl (C=O) groups is 1. The van der Waals surface area contributed by atoms with Crippen LogP contribution in [0.4, 0.5) is 10.1 Å². The van der Waals surface area contributed by atoms with E-state index in [9.17, 15) is 17.6 Å². The number of benzene rings is 2. The van der Waals surface area contributed by atoms with Crippen LogP contribution in [0.25, 0.3) is 0 Å². The van der Waals surface area contributed by atoms with Crippen LogP contribution in [0.1, 0.15) is 33.6 Å². The highest BCUT2D eigenvalue weighted by molar-refractivity contribution is 7.89. The van der Waals surface area contributed by atoms with Crippen molar-refractivity contribution >= 4 is 44.6 Å². The van der Waals surface area contributed by atoms with Gasteiger partial charge < -0.3 is 5.32 Å². The average Bonchev–Trinajstić information content (AvgIpc) is 3.26. The number of piperidine rings is 1. The number of nitrogens with zero attached hydrogens (tertiary/aromatic N) is 3. The molecular formula is C20H18ClFN4O3S2. The lowest BCUT2D eigenvalue weighted by Gasteiger charge is -2.30. The van der Waals surface area contributed by atoms with Crippen LogP contribution in [0.3, 0.4) is 0 Å². The van der Waals surface area contributed by atoms with Gasteiger partial charge in [0.05, 0.1) is 10.7 Å². The first kappa shape index (κ1) is 21.8. The Morgan fingerprint density at radius 3 is 2.48 bits per heavy atom. The van der Waals surface area contributed by atoms with Crippen molar-refractivity contribution in [3.05, 3.63) is 69.4 Å². The molecule has 2 aromatic carbocycles. The largest absolute Gasteiger partial charge is 0.317 e. The van der Waals surface area contributed by atoms with E-state index in [1.165, 1.54) is 28.6 Å². The fraction of sp³-hybridized carbons (Fsp3) is 0.250. The maximum absolute atomic E-state index is 13.7. The minimum atomic E-state index is -3.68. The lowest BCUT2D eigenvalue weighted by Crippen LogP contribution is -2.38. The Hall–Kier alpha value is -2.40. The fourth-order valence-electron chi connectivity index (χ4n) is 3.37. The number of amides is 1. The second kappa shape index (κ2) is 8.99. The van der Waals surface area contributed by atoms with E-state index in [0.29, 0.717) is 30.9 Å². The maximum Gasteiger partial charge on any atom is 0.286 e. The molecule has 1 aromatic heterocycles. The molecule has 0 radical (unpaired) electrons. The lowest BCUT2D eigenvalue weighted by molar-refractivity contribution is 0.102. The number of hydrogen-bond acceptors (Lipinski definition) is 6. The smallest absolute Gasteiger partial charge is 0.286 e.